The molecule has 218 valence electrons. The molecule has 1 atom stereocenters. The minimum Gasteiger partial charge on any atom is -0.457 e. The number of nitrogens with one attached hydrogen (secondary N) is 1. The van der Waals surface area contributed by atoms with Gasteiger partial charge in [-0.3, -0.25) is 13.9 Å². The molecule has 0 aliphatic carbocycles. The molecule has 1 unspecified atom stereocenters. The lowest BCUT2D eigenvalue weighted by Gasteiger charge is -2.33. The Morgan fingerprint density at radius 2 is 1.33 bits per heavy atom. The first-order valence-electron chi connectivity index (χ1n) is 13.8. The van der Waals surface area contributed by atoms with Gasteiger partial charge in [0.05, 0.1) is 10.6 Å². The number of likely N-dealkylation sites (N-methyl/N-ethyl adjacent to an activating group) is 1. The Morgan fingerprint density at radius 1 is 0.786 bits per heavy atom. The van der Waals surface area contributed by atoms with E-state index in [9.17, 15) is 18.0 Å². The molecular formula is C33H35N3O5S. The maximum atomic E-state index is 14.0. The average molecular weight is 586 g/mol. The fourth-order valence-corrected chi connectivity index (χ4v) is 6.05. The van der Waals surface area contributed by atoms with Crippen LogP contribution in [0.5, 0.6) is 11.5 Å². The summed E-state index contributed by atoms with van der Waals surface area (Å²) in [7, 11) is -2.61. The summed E-state index contributed by atoms with van der Waals surface area (Å²) < 4.78 is 34.8. The number of benzene rings is 4. The van der Waals surface area contributed by atoms with E-state index in [0.717, 1.165) is 9.87 Å². The van der Waals surface area contributed by atoms with E-state index in [1.54, 1.807) is 42.5 Å². The van der Waals surface area contributed by atoms with Gasteiger partial charge in [-0.1, -0.05) is 73.7 Å². The van der Waals surface area contributed by atoms with E-state index in [1.807, 2.05) is 67.6 Å². The van der Waals surface area contributed by atoms with Crippen LogP contribution in [0.2, 0.25) is 0 Å². The van der Waals surface area contributed by atoms with Crippen LogP contribution < -0.4 is 14.4 Å². The molecule has 0 aliphatic rings. The largest absolute Gasteiger partial charge is 0.457 e. The summed E-state index contributed by atoms with van der Waals surface area (Å²) in [4.78, 5) is 28.3. The third kappa shape index (κ3) is 7.55. The summed E-state index contributed by atoms with van der Waals surface area (Å²) in [5.74, 6) is 0.371. The summed E-state index contributed by atoms with van der Waals surface area (Å²) in [6.07, 6.45) is 0.883. The molecule has 0 radical (unpaired) electrons. The smallest absolute Gasteiger partial charge is 0.264 e. The number of carbonyl (C=O) groups is 2. The van der Waals surface area contributed by atoms with Crippen molar-refractivity contribution >= 4 is 27.5 Å². The number of para-hydroxylation sites is 1. The van der Waals surface area contributed by atoms with E-state index < -0.39 is 28.5 Å². The molecule has 0 bridgehead atoms. The van der Waals surface area contributed by atoms with Crippen LogP contribution in [0.25, 0.3) is 0 Å². The molecule has 0 spiro atoms. The predicted octanol–water partition coefficient (Wildman–Crippen LogP) is 5.27. The van der Waals surface area contributed by atoms with E-state index in [-0.39, 0.29) is 17.3 Å². The Morgan fingerprint density at radius 3 is 1.90 bits per heavy atom. The van der Waals surface area contributed by atoms with Crippen molar-refractivity contribution < 1.29 is 22.7 Å². The van der Waals surface area contributed by atoms with E-state index in [1.165, 1.54) is 24.1 Å². The maximum Gasteiger partial charge on any atom is 0.264 e. The van der Waals surface area contributed by atoms with Crippen molar-refractivity contribution in [3.8, 4) is 11.5 Å². The van der Waals surface area contributed by atoms with E-state index >= 15 is 0 Å². The van der Waals surface area contributed by atoms with Gasteiger partial charge in [-0.05, 0) is 66.9 Å². The van der Waals surface area contributed by atoms with Gasteiger partial charge in [-0.15, -0.1) is 0 Å². The van der Waals surface area contributed by atoms with Crippen molar-refractivity contribution in [2.75, 3.05) is 24.4 Å². The average Bonchev–Trinajstić information content (AvgIpc) is 3.03. The van der Waals surface area contributed by atoms with E-state index in [0.29, 0.717) is 30.0 Å². The zero-order valence-electron chi connectivity index (χ0n) is 23.7. The number of sulfonamides is 1. The van der Waals surface area contributed by atoms with Crippen LogP contribution in [-0.4, -0.2) is 51.3 Å². The standard InChI is InChI=1S/C33H35N3O5S/c1-3-31(33(38)34-2)35(24-23-26-13-7-4-8-14-26)32(37)25-36(42(39,40)30-17-11-6-12-18-30)27-19-21-29(22-20-27)41-28-15-9-5-10-16-28/h4-22,31H,3,23-25H2,1-2H3,(H,34,38). The van der Waals surface area contributed by atoms with Crippen molar-refractivity contribution in [3.05, 3.63) is 121 Å². The summed E-state index contributed by atoms with van der Waals surface area (Å²) in [6.45, 7) is 1.59. The molecule has 1 N–H and O–H groups in total. The number of hydrogen-bond donors (Lipinski definition) is 1. The quantitative estimate of drug-likeness (QED) is 0.231. The molecule has 4 rings (SSSR count). The highest BCUT2D eigenvalue weighted by Gasteiger charge is 2.33. The fourth-order valence-electron chi connectivity index (χ4n) is 4.62. The number of amides is 2. The molecular weight excluding hydrogens is 550 g/mol. The zero-order valence-corrected chi connectivity index (χ0v) is 24.5. The first kappa shape index (κ1) is 30.3. The Kier molecular flexibility index (Phi) is 10.3. The molecule has 0 fully saturated rings. The molecule has 0 aromatic heterocycles. The Balaban J connectivity index is 1.67. The first-order valence-corrected chi connectivity index (χ1v) is 15.2. The summed E-state index contributed by atoms with van der Waals surface area (Å²) >= 11 is 0. The van der Waals surface area contributed by atoms with Crippen molar-refractivity contribution in [2.45, 2.75) is 30.7 Å². The van der Waals surface area contributed by atoms with Gasteiger partial charge in [0.25, 0.3) is 10.0 Å². The molecule has 0 heterocycles. The van der Waals surface area contributed by atoms with Gasteiger partial charge in [0, 0.05) is 13.6 Å². The van der Waals surface area contributed by atoms with Gasteiger partial charge in [0.1, 0.15) is 24.1 Å². The topological polar surface area (TPSA) is 96.0 Å². The second-order valence-corrected chi connectivity index (χ2v) is 11.5. The van der Waals surface area contributed by atoms with Crippen molar-refractivity contribution in [2.24, 2.45) is 0 Å². The van der Waals surface area contributed by atoms with Gasteiger partial charge in [-0.2, -0.15) is 0 Å². The van der Waals surface area contributed by atoms with Crippen molar-refractivity contribution in [1.82, 2.24) is 10.2 Å². The second-order valence-electron chi connectivity index (χ2n) is 9.59. The molecule has 42 heavy (non-hydrogen) atoms. The van der Waals surface area contributed by atoms with Gasteiger partial charge < -0.3 is 15.0 Å². The molecule has 2 amide bonds. The normalized spacial score (nSPS) is 11.8. The van der Waals surface area contributed by atoms with E-state index in [4.69, 9.17) is 4.74 Å². The third-order valence-electron chi connectivity index (χ3n) is 6.83. The first-order chi connectivity index (χ1) is 20.3. The number of hydrogen-bond acceptors (Lipinski definition) is 5. The van der Waals surface area contributed by atoms with Crippen LogP contribution in [-0.2, 0) is 26.0 Å². The van der Waals surface area contributed by atoms with Gasteiger partial charge >= 0.3 is 0 Å². The fraction of sp³-hybridized carbons (Fsp3) is 0.212. The highest BCUT2D eigenvalue weighted by Crippen LogP contribution is 2.28. The van der Waals surface area contributed by atoms with Gasteiger partial charge in [0.15, 0.2) is 0 Å². The minimum atomic E-state index is -4.14. The zero-order chi connectivity index (χ0) is 30.0. The minimum absolute atomic E-state index is 0.0524. The van der Waals surface area contributed by atoms with Crippen LogP contribution in [0.3, 0.4) is 0 Å². The van der Waals surface area contributed by atoms with Crippen LogP contribution in [0.15, 0.2) is 120 Å². The molecule has 4 aromatic carbocycles. The van der Waals surface area contributed by atoms with Crippen LogP contribution >= 0.6 is 0 Å². The monoisotopic (exact) mass is 585 g/mol. The summed E-state index contributed by atoms with van der Waals surface area (Å²) in [5, 5.41) is 2.64. The number of ether oxygens (including phenoxy) is 1. The van der Waals surface area contributed by atoms with Crippen LogP contribution in [0, 0.1) is 0 Å². The second kappa shape index (κ2) is 14.3. The molecule has 4 aromatic rings. The predicted molar refractivity (Wildman–Crippen MR) is 164 cm³/mol. The van der Waals surface area contributed by atoms with Crippen LogP contribution in [0.1, 0.15) is 18.9 Å². The molecule has 0 aliphatic heterocycles. The van der Waals surface area contributed by atoms with Gasteiger partial charge in [-0.25, -0.2) is 8.42 Å². The molecule has 0 saturated heterocycles. The SMILES string of the molecule is CCC(C(=O)NC)N(CCc1ccccc1)C(=O)CN(c1ccc(Oc2ccccc2)cc1)S(=O)(=O)c1ccccc1. The summed E-state index contributed by atoms with van der Waals surface area (Å²) in [6, 6.07) is 32.6. The highest BCUT2D eigenvalue weighted by atomic mass is 32.2. The lowest BCUT2D eigenvalue weighted by molar-refractivity contribution is -0.139. The van der Waals surface area contributed by atoms with Crippen LogP contribution in [0.4, 0.5) is 5.69 Å². The van der Waals surface area contributed by atoms with Gasteiger partial charge in [0.2, 0.25) is 11.8 Å². The number of rotatable bonds is 13. The molecule has 8 nitrogen and oxygen atoms in total. The third-order valence-corrected chi connectivity index (χ3v) is 8.62. The lowest BCUT2D eigenvalue weighted by Crippen LogP contribution is -2.52. The highest BCUT2D eigenvalue weighted by molar-refractivity contribution is 7.92. The van der Waals surface area contributed by atoms with Crippen molar-refractivity contribution in [1.29, 1.82) is 0 Å². The lowest BCUT2D eigenvalue weighted by atomic mass is 10.1. The number of anilines is 1. The Labute approximate surface area is 247 Å². The molecule has 0 saturated carbocycles. The Bertz CT molecular complexity index is 1550. The number of carbonyl (C=O) groups excluding carboxylic acids is 2. The van der Waals surface area contributed by atoms with Crippen molar-refractivity contribution in [3.63, 3.8) is 0 Å². The summed E-state index contributed by atoms with van der Waals surface area (Å²) in [5.41, 5.74) is 1.30. The van der Waals surface area contributed by atoms with E-state index in [2.05, 4.69) is 5.32 Å². The maximum absolute atomic E-state index is 14.0. The molecule has 9 heteroatoms. The number of nitrogens with zero attached hydrogens (tertiary/aromatic N) is 2. The Hall–Kier alpha value is -4.63.